The number of hydrogen-bond acceptors (Lipinski definition) is 6. The minimum absolute atomic E-state index is 0.0471. The second kappa shape index (κ2) is 9.01. The first-order valence-corrected chi connectivity index (χ1v) is 10.0. The molecule has 0 saturated carbocycles. The van der Waals surface area contributed by atoms with Gasteiger partial charge in [0.2, 0.25) is 15.9 Å². The third kappa shape index (κ3) is 5.30. The summed E-state index contributed by atoms with van der Waals surface area (Å²) in [6, 6.07) is 7.60. The van der Waals surface area contributed by atoms with E-state index in [9.17, 15) is 13.2 Å². The number of aryl methyl sites for hydroxylation is 2. The van der Waals surface area contributed by atoms with E-state index in [2.05, 4.69) is 9.88 Å². The molecule has 1 aromatic heterocycles. The molecule has 0 fully saturated rings. The molecule has 0 unspecified atom stereocenters. The van der Waals surface area contributed by atoms with Crippen LogP contribution in [0.25, 0.3) is 0 Å². The maximum Gasteiger partial charge on any atom is 0.246 e. The van der Waals surface area contributed by atoms with Crippen LogP contribution in [-0.2, 0) is 21.2 Å². The van der Waals surface area contributed by atoms with Crippen LogP contribution < -0.4 is 9.46 Å². The van der Waals surface area contributed by atoms with E-state index in [4.69, 9.17) is 9.26 Å². The number of carbonyl (C=O) groups excluding carboxylic acids is 1. The van der Waals surface area contributed by atoms with Gasteiger partial charge in [0.05, 0.1) is 7.11 Å². The highest BCUT2D eigenvalue weighted by molar-refractivity contribution is 7.89. The summed E-state index contributed by atoms with van der Waals surface area (Å²) < 4.78 is 37.6. The van der Waals surface area contributed by atoms with Crippen molar-refractivity contribution in [2.75, 3.05) is 26.7 Å². The summed E-state index contributed by atoms with van der Waals surface area (Å²) in [5, 5.41) is 3.66. The summed E-state index contributed by atoms with van der Waals surface area (Å²) in [4.78, 5) is 13.6. The molecule has 0 atom stereocenters. The van der Waals surface area contributed by atoms with Crippen LogP contribution in [0, 0.1) is 13.8 Å². The number of nitrogens with zero attached hydrogens (tertiary/aromatic N) is 2. The lowest BCUT2D eigenvalue weighted by Gasteiger charge is -2.21. The molecule has 0 saturated heterocycles. The second-order valence-corrected chi connectivity index (χ2v) is 7.82. The molecule has 0 aliphatic heterocycles. The minimum Gasteiger partial charge on any atom is -0.496 e. The van der Waals surface area contributed by atoms with Gasteiger partial charge in [-0.3, -0.25) is 4.79 Å². The third-order valence-corrected chi connectivity index (χ3v) is 5.90. The number of sulfonamides is 1. The van der Waals surface area contributed by atoms with Crippen molar-refractivity contribution in [1.82, 2.24) is 14.8 Å². The lowest BCUT2D eigenvalue weighted by molar-refractivity contribution is -0.128. The fraction of sp³-hybridized carbons (Fsp3) is 0.444. The zero-order valence-electron chi connectivity index (χ0n) is 16.0. The molecule has 0 aliphatic carbocycles. The highest BCUT2D eigenvalue weighted by atomic mass is 32.2. The van der Waals surface area contributed by atoms with Gasteiger partial charge in [-0.25, -0.2) is 13.1 Å². The molecule has 1 amide bonds. The summed E-state index contributed by atoms with van der Waals surface area (Å²) in [6.45, 7) is 5.39. The number of hydrogen-bond donors (Lipinski definition) is 1. The van der Waals surface area contributed by atoms with E-state index < -0.39 is 10.0 Å². The Morgan fingerprint density at radius 1 is 1.26 bits per heavy atom. The fourth-order valence-corrected chi connectivity index (χ4v) is 4.18. The molecular formula is C18H25N3O5S. The number of aromatic nitrogens is 1. The summed E-state index contributed by atoms with van der Waals surface area (Å²) in [7, 11) is -2.14. The first kappa shape index (κ1) is 20.9. The summed E-state index contributed by atoms with van der Waals surface area (Å²) >= 11 is 0. The van der Waals surface area contributed by atoms with Gasteiger partial charge in [-0.15, -0.1) is 0 Å². The van der Waals surface area contributed by atoms with Gasteiger partial charge in [0.1, 0.15) is 16.3 Å². The molecular weight excluding hydrogens is 370 g/mol. The number of rotatable bonds is 9. The number of amides is 1. The molecule has 0 radical (unpaired) electrons. The van der Waals surface area contributed by atoms with Crippen molar-refractivity contribution < 1.29 is 22.5 Å². The maximum atomic E-state index is 12.4. The molecule has 2 aromatic rings. The Hall–Kier alpha value is -2.39. The zero-order valence-corrected chi connectivity index (χ0v) is 16.8. The van der Waals surface area contributed by atoms with Crippen molar-refractivity contribution >= 4 is 15.9 Å². The van der Waals surface area contributed by atoms with Gasteiger partial charge in [-0.2, -0.15) is 0 Å². The monoisotopic (exact) mass is 395 g/mol. The van der Waals surface area contributed by atoms with E-state index in [0.717, 1.165) is 11.3 Å². The predicted octanol–water partition coefficient (Wildman–Crippen LogP) is 1.67. The normalized spacial score (nSPS) is 11.4. The van der Waals surface area contributed by atoms with Crippen molar-refractivity contribution in [2.45, 2.75) is 32.1 Å². The Morgan fingerprint density at radius 2 is 1.96 bits per heavy atom. The molecule has 0 spiro atoms. The Labute approximate surface area is 159 Å². The van der Waals surface area contributed by atoms with Crippen LogP contribution >= 0.6 is 0 Å². The van der Waals surface area contributed by atoms with E-state index in [1.165, 1.54) is 6.92 Å². The van der Waals surface area contributed by atoms with E-state index in [1.54, 1.807) is 25.9 Å². The summed E-state index contributed by atoms with van der Waals surface area (Å²) in [6.07, 6.45) is 0.611. The number of carbonyl (C=O) groups is 1. The highest BCUT2D eigenvalue weighted by Gasteiger charge is 2.24. The van der Waals surface area contributed by atoms with Crippen LogP contribution in [0.3, 0.4) is 0 Å². The molecule has 2 rings (SSSR count). The van der Waals surface area contributed by atoms with Crippen molar-refractivity contribution in [3.8, 4) is 5.75 Å². The predicted molar refractivity (Wildman–Crippen MR) is 100 cm³/mol. The third-order valence-electron chi connectivity index (χ3n) is 4.20. The smallest absolute Gasteiger partial charge is 0.246 e. The van der Waals surface area contributed by atoms with Gasteiger partial charge < -0.3 is 14.2 Å². The van der Waals surface area contributed by atoms with Crippen LogP contribution in [-0.4, -0.2) is 51.1 Å². The van der Waals surface area contributed by atoms with Gasteiger partial charge in [-0.1, -0.05) is 23.4 Å². The average Bonchev–Trinajstić information content (AvgIpc) is 2.97. The van der Waals surface area contributed by atoms with Crippen LogP contribution in [0.4, 0.5) is 0 Å². The van der Waals surface area contributed by atoms with E-state index in [0.29, 0.717) is 18.7 Å². The number of ether oxygens (including phenoxy) is 1. The van der Waals surface area contributed by atoms with Crippen LogP contribution in [0.2, 0.25) is 0 Å². The minimum atomic E-state index is -3.74. The molecule has 8 nitrogen and oxygen atoms in total. The Bertz CT molecular complexity index is 873. The molecule has 0 aliphatic rings. The lowest BCUT2D eigenvalue weighted by Crippen LogP contribution is -2.38. The molecule has 1 heterocycles. The first-order valence-electron chi connectivity index (χ1n) is 8.56. The largest absolute Gasteiger partial charge is 0.496 e. The van der Waals surface area contributed by atoms with Crippen LogP contribution in [0.1, 0.15) is 23.9 Å². The summed E-state index contributed by atoms with van der Waals surface area (Å²) in [5.74, 6) is 0.876. The number of nitrogens with one attached hydrogen (secondary N) is 1. The van der Waals surface area contributed by atoms with Gasteiger partial charge in [0, 0.05) is 26.6 Å². The highest BCUT2D eigenvalue weighted by Crippen LogP contribution is 2.19. The van der Waals surface area contributed by atoms with Crippen molar-refractivity contribution in [2.24, 2.45) is 0 Å². The Morgan fingerprint density at radius 3 is 2.56 bits per heavy atom. The van der Waals surface area contributed by atoms with Gasteiger partial charge >= 0.3 is 0 Å². The maximum absolute atomic E-state index is 12.4. The molecule has 1 N–H and O–H groups in total. The summed E-state index contributed by atoms with van der Waals surface area (Å²) in [5.41, 5.74) is 1.29. The standard InChI is InChI=1S/C18H25N3O5S/c1-13-18(14(2)26-20-13)27(23,24)19-10-12-21(15(3)22)11-9-16-7-5-6-8-17(16)25-4/h5-8,19H,9-12H2,1-4H3. The SMILES string of the molecule is COc1ccccc1CCN(CCNS(=O)(=O)c1c(C)noc1C)C(C)=O. The van der Waals surface area contributed by atoms with Gasteiger partial charge in [0.25, 0.3) is 0 Å². The molecule has 0 bridgehead atoms. The molecule has 9 heteroatoms. The number of para-hydroxylation sites is 1. The fourth-order valence-electron chi connectivity index (χ4n) is 2.84. The lowest BCUT2D eigenvalue weighted by atomic mass is 10.1. The number of benzene rings is 1. The van der Waals surface area contributed by atoms with Gasteiger partial charge in [0.15, 0.2) is 5.76 Å². The van der Waals surface area contributed by atoms with Crippen molar-refractivity contribution in [1.29, 1.82) is 0 Å². The molecule has 27 heavy (non-hydrogen) atoms. The quantitative estimate of drug-likeness (QED) is 0.693. The first-order chi connectivity index (χ1) is 12.8. The van der Waals surface area contributed by atoms with Crippen LogP contribution in [0.15, 0.2) is 33.7 Å². The van der Waals surface area contributed by atoms with Crippen LogP contribution in [0.5, 0.6) is 5.75 Å². The topological polar surface area (TPSA) is 102 Å². The van der Waals surface area contributed by atoms with Gasteiger partial charge in [-0.05, 0) is 31.9 Å². The van der Waals surface area contributed by atoms with E-state index in [-0.39, 0.29) is 29.7 Å². The Balaban J connectivity index is 1.96. The zero-order chi connectivity index (χ0) is 20.0. The average molecular weight is 395 g/mol. The van der Waals surface area contributed by atoms with Crippen molar-refractivity contribution in [3.05, 3.63) is 41.3 Å². The molecule has 1 aromatic carbocycles. The van der Waals surface area contributed by atoms with E-state index in [1.807, 2.05) is 24.3 Å². The second-order valence-electron chi connectivity index (χ2n) is 6.12. The van der Waals surface area contributed by atoms with E-state index >= 15 is 0 Å². The number of methoxy groups -OCH3 is 1. The van der Waals surface area contributed by atoms with Crippen molar-refractivity contribution in [3.63, 3.8) is 0 Å². The molecule has 148 valence electrons. The Kier molecular flexibility index (Phi) is 6.98.